The molecule has 1 saturated heterocycles. The summed E-state index contributed by atoms with van der Waals surface area (Å²) in [6.07, 6.45) is 3.48. The minimum atomic E-state index is 0.359. The van der Waals surface area contributed by atoms with Crippen molar-refractivity contribution in [2.45, 2.75) is 19.9 Å². The average Bonchev–Trinajstić information content (AvgIpc) is 2.68. The second kappa shape index (κ2) is 6.72. The van der Waals surface area contributed by atoms with Crippen LogP contribution in [0, 0.1) is 6.92 Å². The van der Waals surface area contributed by atoms with E-state index in [0.29, 0.717) is 6.04 Å². The molecule has 0 aliphatic carbocycles. The van der Waals surface area contributed by atoms with Gasteiger partial charge in [0.05, 0.1) is 16.7 Å². The number of fused-ring (bicyclic) bond motifs is 1. The molecule has 3 aromatic rings. The van der Waals surface area contributed by atoms with Crippen LogP contribution in [-0.4, -0.2) is 51.2 Å². The number of rotatable bonds is 3. The first-order valence-corrected chi connectivity index (χ1v) is 8.71. The van der Waals surface area contributed by atoms with Gasteiger partial charge in [-0.15, -0.1) is 5.10 Å². The van der Waals surface area contributed by atoms with Crippen molar-refractivity contribution < 1.29 is 0 Å². The van der Waals surface area contributed by atoms with Crippen LogP contribution in [-0.2, 0) is 0 Å². The molecule has 0 N–H and O–H groups in total. The molecule has 1 aliphatic rings. The third-order valence-electron chi connectivity index (χ3n) is 4.95. The highest BCUT2D eigenvalue weighted by molar-refractivity contribution is 5.74. The lowest BCUT2D eigenvalue weighted by Crippen LogP contribution is -2.47. The number of hydrogen-bond donors (Lipinski definition) is 0. The molecule has 1 atom stereocenters. The van der Waals surface area contributed by atoms with Crippen LogP contribution >= 0.6 is 0 Å². The van der Waals surface area contributed by atoms with E-state index >= 15 is 0 Å². The number of aryl methyl sites for hydroxylation is 1. The molecule has 0 bridgehead atoms. The van der Waals surface area contributed by atoms with E-state index in [2.05, 4.69) is 61.2 Å². The Morgan fingerprint density at radius 2 is 1.64 bits per heavy atom. The van der Waals surface area contributed by atoms with Crippen molar-refractivity contribution in [3.63, 3.8) is 0 Å². The highest BCUT2D eigenvalue weighted by Gasteiger charge is 2.23. The van der Waals surface area contributed by atoms with Crippen LogP contribution in [0.15, 0.2) is 42.7 Å². The molecule has 0 saturated carbocycles. The van der Waals surface area contributed by atoms with E-state index in [0.717, 1.165) is 48.7 Å². The molecule has 6 heteroatoms. The fourth-order valence-electron chi connectivity index (χ4n) is 3.35. The summed E-state index contributed by atoms with van der Waals surface area (Å²) in [5, 5.41) is 8.47. The van der Waals surface area contributed by atoms with Crippen LogP contribution in [0.3, 0.4) is 0 Å². The molecule has 2 aromatic heterocycles. The van der Waals surface area contributed by atoms with E-state index < -0.39 is 0 Å². The lowest BCUT2D eigenvalue weighted by atomic mass is 10.0. The summed E-state index contributed by atoms with van der Waals surface area (Å²) in [5.74, 6) is 0.971. The minimum absolute atomic E-state index is 0.359. The van der Waals surface area contributed by atoms with Crippen LogP contribution in [0.1, 0.15) is 24.2 Å². The van der Waals surface area contributed by atoms with Crippen LogP contribution < -0.4 is 4.90 Å². The quantitative estimate of drug-likeness (QED) is 0.734. The highest BCUT2D eigenvalue weighted by atomic mass is 15.3. The second-order valence-electron chi connectivity index (χ2n) is 6.54. The topological polar surface area (TPSA) is 58.0 Å². The van der Waals surface area contributed by atoms with Crippen LogP contribution in [0.25, 0.3) is 11.0 Å². The Morgan fingerprint density at radius 1 is 0.880 bits per heavy atom. The maximum absolute atomic E-state index is 4.42. The minimum Gasteiger partial charge on any atom is -0.353 e. The first-order valence-electron chi connectivity index (χ1n) is 8.71. The Morgan fingerprint density at radius 3 is 2.36 bits per heavy atom. The summed E-state index contributed by atoms with van der Waals surface area (Å²) < 4.78 is 0. The summed E-state index contributed by atoms with van der Waals surface area (Å²) in [7, 11) is 0. The van der Waals surface area contributed by atoms with Crippen molar-refractivity contribution in [1.82, 2.24) is 25.1 Å². The van der Waals surface area contributed by atoms with Crippen molar-refractivity contribution in [3.8, 4) is 0 Å². The van der Waals surface area contributed by atoms with E-state index in [-0.39, 0.29) is 0 Å². The van der Waals surface area contributed by atoms with Crippen LogP contribution in [0.4, 0.5) is 5.82 Å². The smallest absolute Gasteiger partial charge is 0.151 e. The summed E-state index contributed by atoms with van der Waals surface area (Å²) in [6, 6.07) is 10.8. The number of nitrogens with zero attached hydrogens (tertiary/aromatic N) is 6. The van der Waals surface area contributed by atoms with Crippen molar-refractivity contribution in [2.24, 2.45) is 0 Å². The molecule has 1 fully saturated rings. The summed E-state index contributed by atoms with van der Waals surface area (Å²) in [6.45, 7) is 8.18. The molecular formula is C19H22N6. The lowest BCUT2D eigenvalue weighted by molar-refractivity contribution is 0.198. The van der Waals surface area contributed by atoms with Gasteiger partial charge in [-0.3, -0.25) is 14.9 Å². The molecule has 0 amide bonds. The largest absolute Gasteiger partial charge is 0.353 e. The van der Waals surface area contributed by atoms with Gasteiger partial charge >= 0.3 is 0 Å². The zero-order valence-corrected chi connectivity index (χ0v) is 14.6. The molecule has 0 radical (unpaired) electrons. The summed E-state index contributed by atoms with van der Waals surface area (Å²) in [4.78, 5) is 13.6. The monoisotopic (exact) mass is 334 g/mol. The zero-order valence-electron chi connectivity index (χ0n) is 14.6. The highest BCUT2D eigenvalue weighted by Crippen LogP contribution is 2.25. The molecule has 128 valence electrons. The van der Waals surface area contributed by atoms with Gasteiger partial charge in [-0.05, 0) is 43.7 Å². The SMILES string of the molecule is Cc1ccc(N2CCN(C(C)c3ccc4nccnc4c3)CC2)nn1. The summed E-state index contributed by atoms with van der Waals surface area (Å²) in [5.41, 5.74) is 4.15. The van der Waals surface area contributed by atoms with Crippen molar-refractivity contribution in [2.75, 3.05) is 31.1 Å². The van der Waals surface area contributed by atoms with Crippen LogP contribution in [0.5, 0.6) is 0 Å². The fourth-order valence-corrected chi connectivity index (χ4v) is 3.35. The van der Waals surface area contributed by atoms with Gasteiger partial charge in [-0.2, -0.15) is 5.10 Å². The number of piperazine rings is 1. The van der Waals surface area contributed by atoms with Crippen molar-refractivity contribution >= 4 is 16.9 Å². The number of aromatic nitrogens is 4. The molecule has 1 unspecified atom stereocenters. The zero-order chi connectivity index (χ0) is 17.2. The molecule has 0 spiro atoms. The van der Waals surface area contributed by atoms with Gasteiger partial charge in [0.15, 0.2) is 5.82 Å². The Labute approximate surface area is 147 Å². The predicted molar refractivity (Wildman–Crippen MR) is 98.5 cm³/mol. The van der Waals surface area contributed by atoms with Gasteiger partial charge in [-0.25, -0.2) is 0 Å². The predicted octanol–water partition coefficient (Wildman–Crippen LogP) is 2.61. The van der Waals surface area contributed by atoms with E-state index in [1.54, 1.807) is 12.4 Å². The van der Waals surface area contributed by atoms with Crippen molar-refractivity contribution in [1.29, 1.82) is 0 Å². The van der Waals surface area contributed by atoms with E-state index in [9.17, 15) is 0 Å². The average molecular weight is 334 g/mol. The first-order chi connectivity index (χ1) is 12.2. The van der Waals surface area contributed by atoms with E-state index in [4.69, 9.17) is 0 Å². The Bertz CT molecular complexity index is 855. The van der Waals surface area contributed by atoms with Gasteiger partial charge in [-0.1, -0.05) is 6.07 Å². The molecule has 1 aromatic carbocycles. The third-order valence-corrected chi connectivity index (χ3v) is 4.95. The maximum Gasteiger partial charge on any atom is 0.151 e. The molecular weight excluding hydrogens is 312 g/mol. The third kappa shape index (κ3) is 3.30. The van der Waals surface area contributed by atoms with Gasteiger partial charge in [0.25, 0.3) is 0 Å². The van der Waals surface area contributed by atoms with Gasteiger partial charge in [0, 0.05) is 44.6 Å². The van der Waals surface area contributed by atoms with Gasteiger partial charge in [0.2, 0.25) is 0 Å². The van der Waals surface area contributed by atoms with Gasteiger partial charge < -0.3 is 4.90 Å². The van der Waals surface area contributed by atoms with Crippen LogP contribution in [0.2, 0.25) is 0 Å². The van der Waals surface area contributed by atoms with E-state index in [1.165, 1.54) is 5.56 Å². The number of hydrogen-bond acceptors (Lipinski definition) is 6. The molecule has 4 rings (SSSR count). The molecule has 3 heterocycles. The normalized spacial score (nSPS) is 17.0. The van der Waals surface area contributed by atoms with Crippen molar-refractivity contribution in [3.05, 3.63) is 54.0 Å². The summed E-state index contributed by atoms with van der Waals surface area (Å²) >= 11 is 0. The first kappa shape index (κ1) is 15.9. The number of anilines is 1. The molecule has 6 nitrogen and oxygen atoms in total. The molecule has 25 heavy (non-hydrogen) atoms. The second-order valence-corrected chi connectivity index (χ2v) is 6.54. The Kier molecular flexibility index (Phi) is 4.28. The Balaban J connectivity index is 1.45. The van der Waals surface area contributed by atoms with E-state index in [1.807, 2.05) is 13.0 Å². The Hall–Kier alpha value is -2.60. The lowest BCUT2D eigenvalue weighted by Gasteiger charge is -2.38. The standard InChI is InChI=1S/C19H22N6/c1-14-3-6-19(23-22-14)25-11-9-24(10-12-25)15(2)16-4-5-17-18(13-16)21-8-7-20-17/h3-8,13,15H,9-12H2,1-2H3. The molecule has 1 aliphatic heterocycles. The fraction of sp³-hybridized carbons (Fsp3) is 0.368. The maximum atomic E-state index is 4.42. The number of benzene rings is 1. The van der Waals surface area contributed by atoms with Gasteiger partial charge in [0.1, 0.15) is 0 Å².